The van der Waals surface area contributed by atoms with Crippen LogP contribution >= 0.6 is 0 Å². The van der Waals surface area contributed by atoms with Crippen molar-refractivity contribution in [2.75, 3.05) is 33.4 Å². The van der Waals surface area contributed by atoms with Crippen LogP contribution in [0.5, 0.6) is 0 Å². The first-order chi connectivity index (χ1) is 36.6. The molecular formula is C61H97N5O12. The monoisotopic (exact) mass is 1090 g/mol. The van der Waals surface area contributed by atoms with Crippen LogP contribution in [0.25, 0.3) is 0 Å². The molecule has 1 aromatic rings. The van der Waals surface area contributed by atoms with Crippen molar-refractivity contribution < 1.29 is 57.6 Å². The molecule has 2 aliphatic heterocycles. The number of carbonyl (C=O) groups excluding carboxylic acids is 7. The van der Waals surface area contributed by atoms with Crippen molar-refractivity contribution in [2.24, 2.45) is 46.3 Å². The van der Waals surface area contributed by atoms with Crippen molar-refractivity contribution in [3.8, 4) is 0 Å². The molecule has 4 aliphatic rings. The SMILES string of the molecule is COC1C(OC(=O)CC2CCC(NC(=O)CNC(=O)[C@H](CC(C)C)NC(=O)[C@@H](CC(=O)CNC(=O)C(C)(CC(C)(CC(C)C)C(=O)NCC(C)O)C(C)C)Cc3ccccc3)CC2)CC[C@]2(CO2)C1[C@@]1(C)O[C@@H]1CC=C(C)C. The molecule has 0 bridgehead atoms. The Labute approximate surface area is 465 Å². The van der Waals surface area contributed by atoms with Gasteiger partial charge >= 0.3 is 5.97 Å². The standard InChI is InChI=1S/C61H97N5O12/c1-37(2)19-24-49-60(12,78-49)53-52(75-13)48(25-26-61(53)36-76-61)77-51(70)29-43-20-22-45(23-21-43)65-50(69)34-62-55(72)47(27-38(3)4)66-54(71)44(28-42-17-15-14-16-18-42)30-46(68)33-64-57(74)59(11,40(7)8)35-58(10,31-39(5)6)56(73)63-32-41(9)67/h14-19,38-41,43-45,47-49,52-53,67H,20-36H2,1-13H3,(H,62,72)(H,63,73)(H,64,74)(H,65,69)(H,66,71)/t41?,43?,44-,45?,47+,48?,49-,52?,53?,58?,59?,60+,61+/m1/s1. The Balaban J connectivity index is 1.11. The maximum absolute atomic E-state index is 14.2. The molecule has 0 radical (unpaired) electrons. The van der Waals surface area contributed by atoms with Gasteiger partial charge in [0.05, 0.1) is 37.8 Å². The van der Waals surface area contributed by atoms with Gasteiger partial charge in [-0.05, 0) is 128 Å². The van der Waals surface area contributed by atoms with Gasteiger partial charge in [0.2, 0.25) is 29.5 Å². The number of carbonyl (C=O) groups is 7. The van der Waals surface area contributed by atoms with Gasteiger partial charge in [0.1, 0.15) is 29.5 Å². The van der Waals surface area contributed by atoms with E-state index in [0.29, 0.717) is 32.3 Å². The van der Waals surface area contributed by atoms with Gasteiger partial charge in [-0.25, -0.2) is 0 Å². The van der Waals surface area contributed by atoms with E-state index in [1.54, 1.807) is 21.0 Å². The van der Waals surface area contributed by atoms with Crippen molar-refractivity contribution in [3.63, 3.8) is 0 Å². The maximum atomic E-state index is 14.2. The minimum Gasteiger partial charge on any atom is -0.460 e. The predicted octanol–water partition coefficient (Wildman–Crippen LogP) is 6.85. The average Bonchev–Trinajstić information content (AvgIpc) is 4.35. The number of hydrogen-bond donors (Lipinski definition) is 6. The van der Waals surface area contributed by atoms with Crippen molar-refractivity contribution in [2.45, 2.75) is 214 Å². The fraction of sp³-hybridized carbons (Fsp3) is 0.754. The number of hydrogen-bond acceptors (Lipinski definition) is 12. The van der Waals surface area contributed by atoms with E-state index in [1.165, 1.54) is 5.57 Å². The summed E-state index contributed by atoms with van der Waals surface area (Å²) in [4.78, 5) is 96.2. The molecule has 17 heteroatoms. The number of allylic oxidation sites excluding steroid dienone is 1. The van der Waals surface area contributed by atoms with E-state index >= 15 is 0 Å². The van der Waals surface area contributed by atoms with Gasteiger partial charge in [-0.15, -0.1) is 0 Å². The molecule has 438 valence electrons. The van der Waals surface area contributed by atoms with Gasteiger partial charge in [-0.2, -0.15) is 0 Å². The number of nitrogens with one attached hydrogen (secondary N) is 5. The molecule has 5 amide bonds. The van der Waals surface area contributed by atoms with Crippen LogP contribution in [-0.4, -0.2) is 127 Å². The first-order valence-corrected chi connectivity index (χ1v) is 29.0. The van der Waals surface area contributed by atoms with E-state index in [9.17, 15) is 38.7 Å². The Kier molecular flexibility index (Phi) is 23.1. The van der Waals surface area contributed by atoms with Crippen LogP contribution in [0.3, 0.4) is 0 Å². The number of ether oxygens (including phenoxy) is 4. The lowest BCUT2D eigenvalue weighted by Gasteiger charge is -2.42. The lowest BCUT2D eigenvalue weighted by Crippen LogP contribution is -2.55. The van der Waals surface area contributed by atoms with Gasteiger partial charge in [0.15, 0.2) is 5.78 Å². The summed E-state index contributed by atoms with van der Waals surface area (Å²) in [6.07, 6.45) is 7.05. The average molecular weight is 1090 g/mol. The van der Waals surface area contributed by atoms with Gasteiger partial charge in [0, 0.05) is 49.3 Å². The molecule has 17 nitrogen and oxygen atoms in total. The van der Waals surface area contributed by atoms with Crippen LogP contribution in [0.15, 0.2) is 42.0 Å². The molecule has 5 rings (SSSR count). The third-order valence-electron chi connectivity index (χ3n) is 17.1. The smallest absolute Gasteiger partial charge is 0.306 e. The summed E-state index contributed by atoms with van der Waals surface area (Å²) in [5.41, 5.74) is -0.676. The zero-order chi connectivity index (χ0) is 57.8. The normalized spacial score (nSPS) is 27.3. The summed E-state index contributed by atoms with van der Waals surface area (Å²) in [5, 5.41) is 24.2. The molecule has 6 N–H and O–H groups in total. The minimum atomic E-state index is -1.05. The second-order valence-corrected chi connectivity index (χ2v) is 25.6. The van der Waals surface area contributed by atoms with Crippen LogP contribution < -0.4 is 26.6 Å². The van der Waals surface area contributed by atoms with E-state index in [1.807, 2.05) is 78.8 Å². The lowest BCUT2D eigenvalue weighted by atomic mass is 9.64. The molecule has 1 aromatic carbocycles. The Bertz CT molecular complexity index is 2240. The summed E-state index contributed by atoms with van der Waals surface area (Å²) in [7, 11) is 1.67. The Morgan fingerprint density at radius 1 is 0.859 bits per heavy atom. The summed E-state index contributed by atoms with van der Waals surface area (Å²) in [6.45, 7) is 23.3. The van der Waals surface area contributed by atoms with Gasteiger partial charge in [-0.1, -0.05) is 97.4 Å². The van der Waals surface area contributed by atoms with Crippen molar-refractivity contribution >= 4 is 41.3 Å². The molecule has 2 saturated heterocycles. The molecule has 2 aliphatic carbocycles. The summed E-state index contributed by atoms with van der Waals surface area (Å²) < 4.78 is 24.7. The number of methoxy groups -OCH3 is 1. The maximum Gasteiger partial charge on any atom is 0.306 e. The number of aliphatic hydroxyl groups excluding tert-OH is 1. The summed E-state index contributed by atoms with van der Waals surface area (Å²) in [5.74, 6) is -3.57. The number of amides is 5. The number of Topliss-reactive ketones (excluding diaryl/α,β-unsaturated/α-hetero) is 1. The number of ketones is 1. The second-order valence-electron chi connectivity index (χ2n) is 25.6. The molecule has 78 heavy (non-hydrogen) atoms. The van der Waals surface area contributed by atoms with Crippen LogP contribution in [0.1, 0.15) is 166 Å². The molecule has 1 spiro atoms. The highest BCUT2D eigenvalue weighted by molar-refractivity contribution is 5.94. The number of esters is 1. The van der Waals surface area contributed by atoms with Crippen LogP contribution in [0, 0.1) is 46.3 Å². The van der Waals surface area contributed by atoms with E-state index in [0.717, 1.165) is 31.2 Å². The third kappa shape index (κ3) is 17.9. The highest BCUT2D eigenvalue weighted by Gasteiger charge is 2.72. The molecule has 6 unspecified atom stereocenters. The highest BCUT2D eigenvalue weighted by atomic mass is 16.6. The van der Waals surface area contributed by atoms with E-state index in [-0.39, 0.29) is 135 Å². The van der Waals surface area contributed by atoms with E-state index in [2.05, 4.69) is 53.4 Å². The highest BCUT2D eigenvalue weighted by Crippen LogP contribution is 2.59. The Morgan fingerprint density at radius 2 is 1.53 bits per heavy atom. The molecular weight excluding hydrogens is 995 g/mol. The third-order valence-corrected chi connectivity index (χ3v) is 17.1. The van der Waals surface area contributed by atoms with Crippen LogP contribution in [-0.2, 0) is 58.9 Å². The van der Waals surface area contributed by atoms with Gasteiger partial charge in [-0.3, -0.25) is 33.6 Å². The Morgan fingerprint density at radius 3 is 2.10 bits per heavy atom. The van der Waals surface area contributed by atoms with E-state index in [4.69, 9.17) is 18.9 Å². The molecule has 11 atom stereocenters. The van der Waals surface area contributed by atoms with Crippen LogP contribution in [0.4, 0.5) is 0 Å². The van der Waals surface area contributed by atoms with E-state index < -0.39 is 52.4 Å². The van der Waals surface area contributed by atoms with Crippen molar-refractivity contribution in [3.05, 3.63) is 47.5 Å². The molecule has 0 aromatic heterocycles. The Hall–Kier alpha value is -4.71. The second kappa shape index (κ2) is 28.1. The lowest BCUT2D eigenvalue weighted by molar-refractivity contribution is -0.173. The van der Waals surface area contributed by atoms with Gasteiger partial charge < -0.3 is 50.6 Å². The molecule has 2 saturated carbocycles. The predicted molar refractivity (Wildman–Crippen MR) is 298 cm³/mol. The summed E-state index contributed by atoms with van der Waals surface area (Å²) >= 11 is 0. The number of epoxide rings is 2. The fourth-order valence-corrected chi connectivity index (χ4v) is 12.4. The number of rotatable bonds is 30. The topological polar surface area (TPSA) is 243 Å². The molecule has 4 fully saturated rings. The largest absolute Gasteiger partial charge is 0.460 e. The van der Waals surface area contributed by atoms with Crippen LogP contribution in [0.2, 0.25) is 0 Å². The van der Waals surface area contributed by atoms with Gasteiger partial charge in [0.25, 0.3) is 0 Å². The molecule has 2 heterocycles. The number of aliphatic hydroxyl groups is 1. The van der Waals surface area contributed by atoms with Crippen molar-refractivity contribution in [1.82, 2.24) is 26.6 Å². The fourth-order valence-electron chi connectivity index (χ4n) is 12.4. The first-order valence-electron chi connectivity index (χ1n) is 29.0. The first kappa shape index (κ1) is 64.1. The minimum absolute atomic E-state index is 0.00895. The van der Waals surface area contributed by atoms with Crippen molar-refractivity contribution in [1.29, 1.82) is 0 Å². The summed E-state index contributed by atoms with van der Waals surface area (Å²) in [6, 6.07) is 8.14. The quantitative estimate of drug-likeness (QED) is 0.0263. The number of benzene rings is 1. The zero-order valence-corrected chi connectivity index (χ0v) is 49.4. The zero-order valence-electron chi connectivity index (χ0n) is 49.4.